The monoisotopic (exact) mass is 278 g/mol. The molecule has 0 aromatic rings. The number of sulfonamides is 1. The molecule has 0 aromatic heterocycles. The fourth-order valence-corrected chi connectivity index (χ4v) is 3.52. The van der Waals surface area contributed by atoms with Crippen molar-refractivity contribution >= 4 is 10.0 Å². The number of aliphatic hydroxyl groups excluding tert-OH is 1. The molecule has 5 nitrogen and oxygen atoms in total. The molecule has 1 aliphatic rings. The van der Waals surface area contributed by atoms with Crippen LogP contribution in [0.4, 0.5) is 0 Å². The van der Waals surface area contributed by atoms with Gasteiger partial charge >= 0.3 is 0 Å². The van der Waals surface area contributed by atoms with E-state index in [1.807, 2.05) is 6.92 Å². The van der Waals surface area contributed by atoms with Crippen LogP contribution in [-0.4, -0.2) is 49.8 Å². The average Bonchev–Trinajstić information content (AvgIpc) is 2.28. The van der Waals surface area contributed by atoms with E-state index in [1.54, 1.807) is 11.2 Å². The number of nitrogens with two attached hydrogens (primary N) is 1. The molecule has 3 atom stereocenters. The quantitative estimate of drug-likeness (QED) is 0.762. The van der Waals surface area contributed by atoms with Crippen molar-refractivity contribution in [3.8, 4) is 0 Å². The van der Waals surface area contributed by atoms with Gasteiger partial charge in [-0.1, -0.05) is 6.92 Å². The van der Waals surface area contributed by atoms with Gasteiger partial charge < -0.3 is 10.8 Å². The molecule has 1 rings (SSSR count). The zero-order valence-corrected chi connectivity index (χ0v) is 12.4. The molecule has 18 heavy (non-hydrogen) atoms. The van der Waals surface area contributed by atoms with E-state index in [9.17, 15) is 13.5 Å². The maximum atomic E-state index is 11.6. The van der Waals surface area contributed by atoms with E-state index in [0.717, 1.165) is 19.3 Å². The lowest BCUT2D eigenvalue weighted by Gasteiger charge is -2.38. The Morgan fingerprint density at radius 1 is 1.56 bits per heavy atom. The molecule has 108 valence electrons. The van der Waals surface area contributed by atoms with E-state index in [-0.39, 0.29) is 11.3 Å². The summed E-state index contributed by atoms with van der Waals surface area (Å²) in [5.74, 6) is 0.289. The zero-order valence-electron chi connectivity index (χ0n) is 11.6. The Morgan fingerprint density at radius 3 is 2.61 bits per heavy atom. The summed E-state index contributed by atoms with van der Waals surface area (Å²) >= 11 is 0. The Balaban J connectivity index is 2.68. The normalized spacial score (nSPS) is 27.7. The summed E-state index contributed by atoms with van der Waals surface area (Å²) in [7, 11) is -3.10. The van der Waals surface area contributed by atoms with Gasteiger partial charge in [-0.2, -0.15) is 0 Å². The molecule has 0 spiro atoms. The fourth-order valence-electron chi connectivity index (χ4n) is 2.58. The highest BCUT2D eigenvalue weighted by molar-refractivity contribution is 7.88. The summed E-state index contributed by atoms with van der Waals surface area (Å²) in [6, 6.07) is 0. The molecule has 0 amide bonds. The minimum Gasteiger partial charge on any atom is -0.393 e. The van der Waals surface area contributed by atoms with Crippen LogP contribution in [0.1, 0.15) is 33.1 Å². The van der Waals surface area contributed by atoms with Gasteiger partial charge in [-0.05, 0) is 32.1 Å². The van der Waals surface area contributed by atoms with Gasteiger partial charge in [-0.15, -0.1) is 0 Å². The molecule has 0 saturated carbocycles. The summed E-state index contributed by atoms with van der Waals surface area (Å²) in [5.41, 5.74) is 5.43. The third-order valence-corrected chi connectivity index (χ3v) is 5.45. The number of rotatable bonds is 5. The van der Waals surface area contributed by atoms with E-state index < -0.39 is 16.1 Å². The second-order valence-corrected chi connectivity index (χ2v) is 7.85. The lowest BCUT2D eigenvalue weighted by molar-refractivity contribution is 0.0319. The van der Waals surface area contributed by atoms with Crippen LogP contribution in [0.25, 0.3) is 0 Å². The minimum atomic E-state index is -3.10. The Labute approximate surface area is 110 Å². The molecule has 1 fully saturated rings. The van der Waals surface area contributed by atoms with Crippen molar-refractivity contribution in [2.75, 3.05) is 25.9 Å². The van der Waals surface area contributed by atoms with Crippen molar-refractivity contribution in [3.63, 3.8) is 0 Å². The van der Waals surface area contributed by atoms with Crippen LogP contribution in [-0.2, 0) is 10.0 Å². The predicted octanol–water partition coefficient (Wildman–Crippen LogP) is 0.394. The second-order valence-electron chi connectivity index (χ2n) is 5.87. The van der Waals surface area contributed by atoms with Crippen LogP contribution < -0.4 is 5.73 Å². The van der Waals surface area contributed by atoms with Gasteiger partial charge in [0.1, 0.15) is 0 Å². The highest BCUT2D eigenvalue weighted by atomic mass is 32.2. The first-order chi connectivity index (χ1) is 8.19. The van der Waals surface area contributed by atoms with Crippen LogP contribution >= 0.6 is 0 Å². The Bertz CT molecular complexity index is 370. The number of piperidine rings is 1. The molecule has 3 N–H and O–H groups in total. The first kappa shape index (κ1) is 15.9. The highest BCUT2D eigenvalue weighted by Gasteiger charge is 2.34. The summed E-state index contributed by atoms with van der Waals surface area (Å²) in [4.78, 5) is 0. The minimum absolute atomic E-state index is 0.289. The zero-order chi connectivity index (χ0) is 14.0. The molecule has 6 heteroatoms. The Morgan fingerprint density at radius 2 is 2.17 bits per heavy atom. The Kier molecular flexibility index (Phi) is 5.17. The summed E-state index contributed by atoms with van der Waals surface area (Å²) < 4.78 is 24.6. The van der Waals surface area contributed by atoms with Crippen molar-refractivity contribution in [2.45, 2.75) is 39.2 Å². The van der Waals surface area contributed by atoms with Crippen molar-refractivity contribution in [1.82, 2.24) is 4.31 Å². The van der Waals surface area contributed by atoms with Crippen molar-refractivity contribution in [1.29, 1.82) is 0 Å². The number of aliphatic hydroxyl groups is 1. The second kappa shape index (κ2) is 5.86. The predicted molar refractivity (Wildman–Crippen MR) is 72.6 cm³/mol. The molecule has 1 aliphatic heterocycles. The summed E-state index contributed by atoms with van der Waals surface area (Å²) in [5, 5.41) is 9.82. The standard InChI is InChI=1S/C12H26N2O3S/c1-10(15)12(2,9-13)7-11-5-4-6-14(8-11)18(3,16)17/h10-11,15H,4-9,13H2,1-3H3. The summed E-state index contributed by atoms with van der Waals surface area (Å²) in [6.45, 7) is 5.31. The van der Waals surface area contributed by atoms with Crippen molar-refractivity contribution < 1.29 is 13.5 Å². The van der Waals surface area contributed by atoms with Gasteiger partial charge in [0, 0.05) is 25.0 Å². The average molecular weight is 278 g/mol. The largest absolute Gasteiger partial charge is 0.393 e. The van der Waals surface area contributed by atoms with Crippen molar-refractivity contribution in [3.05, 3.63) is 0 Å². The fraction of sp³-hybridized carbons (Fsp3) is 1.00. The number of nitrogens with zero attached hydrogens (tertiary/aromatic N) is 1. The maximum absolute atomic E-state index is 11.6. The van der Waals surface area contributed by atoms with Gasteiger partial charge in [-0.3, -0.25) is 0 Å². The molecule has 1 heterocycles. The lowest BCUT2D eigenvalue weighted by atomic mass is 9.75. The third kappa shape index (κ3) is 3.91. The highest BCUT2D eigenvalue weighted by Crippen LogP contribution is 2.33. The van der Waals surface area contributed by atoms with Gasteiger partial charge in [0.15, 0.2) is 0 Å². The van der Waals surface area contributed by atoms with Crippen LogP contribution in [0.2, 0.25) is 0 Å². The smallest absolute Gasteiger partial charge is 0.211 e. The third-order valence-electron chi connectivity index (χ3n) is 4.18. The van der Waals surface area contributed by atoms with E-state index in [0.29, 0.717) is 19.6 Å². The molecule has 3 unspecified atom stereocenters. The maximum Gasteiger partial charge on any atom is 0.211 e. The van der Waals surface area contributed by atoms with Crippen molar-refractivity contribution in [2.24, 2.45) is 17.1 Å². The van der Waals surface area contributed by atoms with E-state index in [1.165, 1.54) is 6.26 Å². The van der Waals surface area contributed by atoms with E-state index >= 15 is 0 Å². The van der Waals surface area contributed by atoms with Crippen LogP contribution in [0, 0.1) is 11.3 Å². The Hall–Kier alpha value is -0.170. The first-order valence-corrected chi connectivity index (χ1v) is 8.37. The molecule has 0 aliphatic carbocycles. The molecule has 0 radical (unpaired) electrons. The molecule has 1 saturated heterocycles. The topological polar surface area (TPSA) is 83.6 Å². The SMILES string of the molecule is CC(O)C(C)(CN)CC1CCCN(S(C)(=O)=O)C1. The van der Waals surface area contributed by atoms with Gasteiger partial charge in [0.2, 0.25) is 10.0 Å². The van der Waals surface area contributed by atoms with Crippen LogP contribution in [0.5, 0.6) is 0 Å². The van der Waals surface area contributed by atoms with Gasteiger partial charge in [-0.25, -0.2) is 12.7 Å². The molecule has 0 bridgehead atoms. The number of hydrogen-bond donors (Lipinski definition) is 2. The number of hydrogen-bond acceptors (Lipinski definition) is 4. The summed E-state index contributed by atoms with van der Waals surface area (Å²) in [6.07, 6.45) is 3.45. The van der Waals surface area contributed by atoms with Gasteiger partial charge in [0.25, 0.3) is 0 Å². The molecular formula is C12H26N2O3S. The first-order valence-electron chi connectivity index (χ1n) is 6.52. The molecular weight excluding hydrogens is 252 g/mol. The van der Waals surface area contributed by atoms with E-state index in [2.05, 4.69) is 0 Å². The lowest BCUT2D eigenvalue weighted by Crippen LogP contribution is -2.44. The van der Waals surface area contributed by atoms with Gasteiger partial charge in [0.05, 0.1) is 12.4 Å². The van der Waals surface area contributed by atoms with Crippen LogP contribution in [0.3, 0.4) is 0 Å². The van der Waals surface area contributed by atoms with E-state index in [4.69, 9.17) is 5.73 Å². The van der Waals surface area contributed by atoms with Crippen LogP contribution in [0.15, 0.2) is 0 Å². The molecule has 0 aromatic carbocycles.